The number of amides is 1. The zero-order valence-corrected chi connectivity index (χ0v) is 22.6. The second kappa shape index (κ2) is 11.2. The van der Waals surface area contributed by atoms with E-state index in [1.165, 1.54) is 0 Å². The molecule has 2 saturated heterocycles. The number of imidazole rings is 1. The maximum absolute atomic E-state index is 14.1. The Hall–Kier alpha value is -2.33. The van der Waals surface area contributed by atoms with E-state index in [1.54, 1.807) is 18.5 Å². The van der Waals surface area contributed by atoms with Gasteiger partial charge in [-0.3, -0.25) is 9.69 Å². The molecule has 0 radical (unpaired) electrons. The molecule has 37 heavy (non-hydrogen) atoms. The molecule has 1 saturated carbocycles. The second-order valence-corrected chi connectivity index (χ2v) is 11.4. The van der Waals surface area contributed by atoms with Crippen LogP contribution in [0.5, 0.6) is 0 Å². The van der Waals surface area contributed by atoms with Crippen molar-refractivity contribution in [2.24, 2.45) is 11.3 Å². The van der Waals surface area contributed by atoms with Crippen LogP contribution in [0.25, 0.3) is 5.78 Å². The lowest BCUT2D eigenvalue weighted by molar-refractivity contribution is -0.126. The first-order valence-electron chi connectivity index (χ1n) is 14.0. The Morgan fingerprint density at radius 3 is 2.68 bits per heavy atom. The van der Waals surface area contributed by atoms with E-state index in [4.69, 9.17) is 19.8 Å². The van der Waals surface area contributed by atoms with Crippen molar-refractivity contribution in [1.29, 1.82) is 0 Å². The molecule has 9 nitrogen and oxygen atoms in total. The quantitative estimate of drug-likeness (QED) is 0.492. The minimum absolute atomic E-state index is 0.0819. The number of ether oxygens (including phenoxy) is 1. The smallest absolute Gasteiger partial charge is 0.252 e. The monoisotopic (exact) mass is 515 g/mol. The number of rotatable bonds is 11. The molecule has 204 valence electrons. The molecule has 2 unspecified atom stereocenters. The minimum atomic E-state index is -0.749. The lowest BCUT2D eigenvalue weighted by Crippen LogP contribution is -2.48. The van der Waals surface area contributed by atoms with Crippen LogP contribution in [0.3, 0.4) is 0 Å². The summed E-state index contributed by atoms with van der Waals surface area (Å²) in [6.45, 7) is 9.84. The molecular weight excluding hydrogens is 473 g/mol. The van der Waals surface area contributed by atoms with Crippen molar-refractivity contribution in [3.63, 3.8) is 0 Å². The first-order chi connectivity index (χ1) is 17.9. The molecule has 4 heterocycles. The average molecular weight is 516 g/mol. The van der Waals surface area contributed by atoms with Gasteiger partial charge in [-0.15, -0.1) is 0 Å². The number of piperazine rings is 1. The van der Waals surface area contributed by atoms with Gasteiger partial charge in [-0.25, -0.2) is 13.9 Å². The molecule has 0 bridgehead atoms. The van der Waals surface area contributed by atoms with E-state index in [1.807, 2.05) is 6.20 Å². The van der Waals surface area contributed by atoms with Gasteiger partial charge in [-0.2, -0.15) is 10.1 Å². The minimum Gasteiger partial charge on any atom is -0.383 e. The number of fused-ring (bicyclic) bond motifs is 1. The van der Waals surface area contributed by atoms with Crippen molar-refractivity contribution >= 4 is 17.5 Å². The Balaban J connectivity index is 1.37. The highest BCUT2D eigenvalue weighted by atomic mass is 19.1. The summed E-state index contributed by atoms with van der Waals surface area (Å²) in [5.74, 6) is 1.68. The topological polar surface area (TPSA) is 87.9 Å². The van der Waals surface area contributed by atoms with Crippen LogP contribution in [0, 0.1) is 11.3 Å². The molecule has 5 rings (SSSR count). The first-order valence-corrected chi connectivity index (χ1v) is 14.0. The number of piperidine rings is 1. The molecule has 0 spiro atoms. The predicted octanol–water partition coefficient (Wildman–Crippen LogP) is 2.98. The number of hydrogen-bond acceptors (Lipinski definition) is 7. The molecule has 0 aromatic carbocycles. The van der Waals surface area contributed by atoms with Gasteiger partial charge >= 0.3 is 0 Å². The molecule has 1 aliphatic carbocycles. The number of carbonyl (C=O) groups excluding carboxylic acids is 1. The lowest BCUT2D eigenvalue weighted by atomic mass is 9.90. The van der Waals surface area contributed by atoms with Gasteiger partial charge in [0.25, 0.3) is 5.78 Å². The standard InChI is InChI=1S/C27H42FN7O2/c1-19(6-7-27(8-9-27)20(2)28)23-18-35-26(30-23)31-24(34-13-11-33(12-14-34)15-16-37-3)22(32-35)17-21-5-4-10-29-25(21)36/h18-21H,4-17H2,1-3H3,(H,29,36)/t19?,20?,21-/m1/s1. The number of anilines is 1. The van der Waals surface area contributed by atoms with Crippen molar-refractivity contribution < 1.29 is 13.9 Å². The van der Waals surface area contributed by atoms with Gasteiger partial charge in [-0.05, 0) is 45.4 Å². The second-order valence-electron chi connectivity index (χ2n) is 11.4. The lowest BCUT2D eigenvalue weighted by Gasteiger charge is -2.36. The summed E-state index contributed by atoms with van der Waals surface area (Å²) >= 11 is 0. The highest BCUT2D eigenvalue weighted by Gasteiger charge is 2.47. The van der Waals surface area contributed by atoms with E-state index in [0.29, 0.717) is 12.2 Å². The zero-order chi connectivity index (χ0) is 26.0. The third kappa shape index (κ3) is 5.90. The summed E-state index contributed by atoms with van der Waals surface area (Å²) in [6.07, 6.45) is 7.45. The number of nitrogens with one attached hydrogen (secondary N) is 1. The van der Waals surface area contributed by atoms with Crippen LogP contribution in [-0.4, -0.2) is 89.5 Å². The number of nitrogens with zero attached hydrogens (tertiary/aromatic N) is 6. The summed E-state index contributed by atoms with van der Waals surface area (Å²) in [6, 6.07) is 0. The summed E-state index contributed by atoms with van der Waals surface area (Å²) in [5, 5.41) is 7.98. The third-order valence-electron chi connectivity index (χ3n) is 8.82. The summed E-state index contributed by atoms with van der Waals surface area (Å²) in [5.41, 5.74) is 1.70. The fraction of sp³-hybridized carbons (Fsp3) is 0.778. The number of halogens is 1. The summed E-state index contributed by atoms with van der Waals surface area (Å²) < 4.78 is 21.1. The van der Waals surface area contributed by atoms with E-state index in [9.17, 15) is 9.18 Å². The van der Waals surface area contributed by atoms with Gasteiger partial charge in [0.2, 0.25) is 5.91 Å². The van der Waals surface area contributed by atoms with E-state index < -0.39 is 6.17 Å². The van der Waals surface area contributed by atoms with Crippen LogP contribution in [0.2, 0.25) is 0 Å². The Morgan fingerprint density at radius 2 is 2.00 bits per heavy atom. The normalized spacial score (nSPS) is 23.7. The molecule has 2 aromatic heterocycles. The van der Waals surface area contributed by atoms with E-state index in [2.05, 4.69) is 22.0 Å². The van der Waals surface area contributed by atoms with Gasteiger partial charge < -0.3 is 15.0 Å². The molecule has 2 aliphatic heterocycles. The number of aromatic nitrogens is 4. The van der Waals surface area contributed by atoms with Gasteiger partial charge in [0.1, 0.15) is 11.9 Å². The number of hydrogen-bond donors (Lipinski definition) is 1. The fourth-order valence-electron chi connectivity index (χ4n) is 5.81. The fourth-order valence-corrected chi connectivity index (χ4v) is 5.81. The summed E-state index contributed by atoms with van der Waals surface area (Å²) in [4.78, 5) is 27.1. The van der Waals surface area contributed by atoms with Crippen molar-refractivity contribution in [3.05, 3.63) is 17.6 Å². The Kier molecular flexibility index (Phi) is 7.95. The Bertz CT molecular complexity index is 1080. The number of carbonyl (C=O) groups is 1. The molecule has 3 fully saturated rings. The Labute approximate surface area is 219 Å². The average Bonchev–Trinajstić information content (AvgIpc) is 3.59. The van der Waals surface area contributed by atoms with Crippen molar-refractivity contribution in [2.45, 2.75) is 70.9 Å². The van der Waals surface area contributed by atoms with Gasteiger partial charge in [-0.1, -0.05) is 6.92 Å². The van der Waals surface area contributed by atoms with Crippen LogP contribution in [0.15, 0.2) is 6.20 Å². The van der Waals surface area contributed by atoms with Crippen LogP contribution in [-0.2, 0) is 16.0 Å². The largest absolute Gasteiger partial charge is 0.383 e. The van der Waals surface area contributed by atoms with Gasteiger partial charge in [0, 0.05) is 70.0 Å². The number of methoxy groups -OCH3 is 1. The summed E-state index contributed by atoms with van der Waals surface area (Å²) in [7, 11) is 1.74. The van der Waals surface area contributed by atoms with E-state index >= 15 is 0 Å². The molecule has 10 heteroatoms. The molecule has 3 aliphatic rings. The van der Waals surface area contributed by atoms with Crippen molar-refractivity contribution in [3.8, 4) is 0 Å². The highest BCUT2D eigenvalue weighted by Crippen LogP contribution is 2.54. The van der Waals surface area contributed by atoms with Gasteiger partial charge in [0.15, 0.2) is 5.82 Å². The van der Waals surface area contributed by atoms with Gasteiger partial charge in [0.05, 0.1) is 18.5 Å². The maximum atomic E-state index is 14.1. The molecule has 3 atom stereocenters. The molecule has 1 amide bonds. The first kappa shape index (κ1) is 26.3. The molecular formula is C27H42FN7O2. The molecule has 1 N–H and O–H groups in total. The highest BCUT2D eigenvalue weighted by molar-refractivity contribution is 5.79. The Morgan fingerprint density at radius 1 is 1.22 bits per heavy atom. The van der Waals surface area contributed by atoms with Crippen molar-refractivity contribution in [2.75, 3.05) is 57.9 Å². The van der Waals surface area contributed by atoms with Crippen LogP contribution in [0.4, 0.5) is 10.2 Å². The predicted molar refractivity (Wildman–Crippen MR) is 141 cm³/mol. The SMILES string of the molecule is COCCN1CCN(c2nc3nc(C(C)CCC4(C(C)F)CC4)cn3nc2C[C@H]2CCCNC2=O)CC1. The zero-order valence-electron chi connectivity index (χ0n) is 22.6. The number of alkyl halides is 1. The third-order valence-corrected chi connectivity index (χ3v) is 8.82. The maximum Gasteiger partial charge on any atom is 0.252 e. The van der Waals surface area contributed by atoms with Crippen LogP contribution < -0.4 is 10.2 Å². The van der Waals surface area contributed by atoms with E-state index in [0.717, 1.165) is 102 Å². The van der Waals surface area contributed by atoms with E-state index in [-0.39, 0.29) is 23.2 Å². The molecule has 2 aromatic rings. The van der Waals surface area contributed by atoms with Crippen LogP contribution >= 0.6 is 0 Å². The van der Waals surface area contributed by atoms with Crippen LogP contribution in [0.1, 0.15) is 69.7 Å². The van der Waals surface area contributed by atoms with Crippen molar-refractivity contribution in [1.82, 2.24) is 29.8 Å².